The van der Waals surface area contributed by atoms with Crippen molar-refractivity contribution in [3.05, 3.63) is 96.8 Å². The molecule has 0 aliphatic carbocycles. The summed E-state index contributed by atoms with van der Waals surface area (Å²) in [6.07, 6.45) is 9.33. The number of carboxylic acid groups (broad SMARTS) is 2. The molecule has 16 nitrogen and oxygen atoms in total. The second-order valence-corrected chi connectivity index (χ2v) is 14.1. The van der Waals surface area contributed by atoms with Gasteiger partial charge in [0.25, 0.3) is 5.91 Å². The van der Waals surface area contributed by atoms with Gasteiger partial charge >= 0.3 is 71.1 Å². The minimum Gasteiger partial charge on any atom is -0.744 e. The molecular formula is C27H16I2N4Na2O12S2. The van der Waals surface area contributed by atoms with Crippen LogP contribution in [0.4, 0.5) is 5.69 Å². The summed E-state index contributed by atoms with van der Waals surface area (Å²) in [6, 6.07) is 6.36. The molecule has 1 aromatic heterocycles. The van der Waals surface area contributed by atoms with Gasteiger partial charge in [-0.05, 0) is 93.7 Å². The van der Waals surface area contributed by atoms with Gasteiger partial charge in [0.05, 0.1) is 32.3 Å². The number of carbonyl (C=O) groups excluding carboxylic acids is 1. The van der Waals surface area contributed by atoms with E-state index in [1.807, 2.05) is 0 Å². The van der Waals surface area contributed by atoms with Crippen LogP contribution in [0, 0.1) is 7.14 Å². The van der Waals surface area contributed by atoms with Gasteiger partial charge in [-0.15, -0.1) is 0 Å². The van der Waals surface area contributed by atoms with E-state index < -0.39 is 65.2 Å². The first-order chi connectivity index (χ1) is 21.9. The van der Waals surface area contributed by atoms with E-state index in [1.54, 1.807) is 45.2 Å². The van der Waals surface area contributed by atoms with Crippen molar-refractivity contribution >= 4 is 101 Å². The number of hydrogen-bond acceptors (Lipinski definition) is 12. The summed E-state index contributed by atoms with van der Waals surface area (Å²) in [6.45, 7) is 0. The number of aromatic carboxylic acids is 1. The molecule has 1 aliphatic heterocycles. The Bertz CT molecular complexity index is 2230. The predicted octanol–water partition coefficient (Wildman–Crippen LogP) is -3.16. The zero-order valence-electron chi connectivity index (χ0n) is 24.9. The summed E-state index contributed by atoms with van der Waals surface area (Å²) in [5.74, 6) is -4.41. The minimum atomic E-state index is -4.77. The molecule has 3 N–H and O–H groups in total. The molecule has 22 heteroatoms. The molecule has 3 aromatic rings. The fraction of sp³-hybridized carbons (Fsp3) is 0. The molecule has 244 valence electrons. The summed E-state index contributed by atoms with van der Waals surface area (Å²) < 4.78 is 68.9. The Morgan fingerprint density at radius 3 is 1.80 bits per heavy atom. The van der Waals surface area contributed by atoms with Gasteiger partial charge < -0.3 is 24.4 Å². The molecule has 0 spiro atoms. The number of aliphatic carboxylic acids is 1. The van der Waals surface area contributed by atoms with Crippen molar-refractivity contribution in [2.45, 2.75) is 9.79 Å². The Labute approximate surface area is 349 Å². The molecule has 0 atom stereocenters. The Kier molecular flexibility index (Phi) is 15.2. The number of carbonyl (C=O) groups is 3. The number of anilines is 1. The molecule has 4 rings (SSSR count). The van der Waals surface area contributed by atoms with E-state index in [0.29, 0.717) is 0 Å². The molecule has 0 saturated carbocycles. The summed E-state index contributed by atoms with van der Waals surface area (Å²) in [4.78, 5) is 35.5. The number of rotatable bonds is 10. The quantitative estimate of drug-likeness (QED) is 0.0597. The predicted molar refractivity (Wildman–Crippen MR) is 178 cm³/mol. The van der Waals surface area contributed by atoms with Gasteiger partial charge in [0.15, 0.2) is 11.4 Å². The summed E-state index contributed by atoms with van der Waals surface area (Å²) in [5.41, 5.74) is -1.46. The maximum Gasteiger partial charge on any atom is 1.00 e. The number of hydrogen-bond donors (Lipinski definition) is 3. The third kappa shape index (κ3) is 9.97. The number of benzene rings is 2. The third-order valence-electron chi connectivity index (χ3n) is 6.02. The van der Waals surface area contributed by atoms with Crippen LogP contribution in [0.15, 0.2) is 93.3 Å². The number of carboxylic acids is 2. The van der Waals surface area contributed by atoms with E-state index in [9.17, 15) is 55.6 Å². The van der Waals surface area contributed by atoms with Crippen LogP contribution < -0.4 is 64.1 Å². The van der Waals surface area contributed by atoms with Crippen LogP contribution >= 0.6 is 45.2 Å². The third-order valence-corrected chi connectivity index (χ3v) is 9.41. The smallest absolute Gasteiger partial charge is 0.744 e. The summed E-state index contributed by atoms with van der Waals surface area (Å²) >= 11 is 3.38. The van der Waals surface area contributed by atoms with Crippen LogP contribution in [0.5, 0.6) is 5.88 Å². The van der Waals surface area contributed by atoms with Crippen molar-refractivity contribution in [1.29, 1.82) is 0 Å². The van der Waals surface area contributed by atoms with Crippen LogP contribution in [0.25, 0.3) is 11.8 Å². The number of aromatic hydroxyl groups is 1. The van der Waals surface area contributed by atoms with Gasteiger partial charge in [-0.3, -0.25) is 4.79 Å². The number of amides is 1. The van der Waals surface area contributed by atoms with E-state index in [1.165, 1.54) is 48.6 Å². The van der Waals surface area contributed by atoms with Gasteiger partial charge in [-0.2, -0.15) is 19.9 Å². The fourth-order valence-electron chi connectivity index (χ4n) is 3.91. The van der Waals surface area contributed by atoms with Crippen LogP contribution in [-0.2, 0) is 29.8 Å². The fourth-order valence-corrected chi connectivity index (χ4v) is 6.82. The second kappa shape index (κ2) is 17.3. The average molecular weight is 948 g/mol. The first kappa shape index (κ1) is 42.9. The molecular weight excluding hydrogens is 932 g/mol. The number of allylic oxidation sites excluding steroid dienone is 6. The van der Waals surface area contributed by atoms with Crippen LogP contribution in [-0.4, -0.2) is 74.6 Å². The van der Waals surface area contributed by atoms with Gasteiger partial charge in [-0.25, -0.2) is 26.4 Å². The normalized spacial score (nSPS) is 14.4. The van der Waals surface area contributed by atoms with E-state index in [-0.39, 0.29) is 88.8 Å². The Hall–Kier alpha value is -2.23. The largest absolute Gasteiger partial charge is 1.00 e. The molecule has 0 radical (unpaired) electrons. The topological polar surface area (TPSA) is 260 Å². The SMILES string of the molecule is O=C(O)C1=NN(c2ccc(S(=O)(=O)[O-])cc2[125I])C(=O)\C1=C/C=C/C=C/C=C/c1c(C(=O)O)nn(-c2ccc(S(=O)(=O)[O-])cc2[125I])c1O.[Na+].[Na+]. The van der Waals surface area contributed by atoms with Crippen molar-refractivity contribution in [1.82, 2.24) is 9.78 Å². The summed E-state index contributed by atoms with van der Waals surface area (Å²) in [5, 5.41) is 38.3. The zero-order valence-corrected chi connectivity index (χ0v) is 34.8. The van der Waals surface area contributed by atoms with Crippen molar-refractivity contribution in [3.63, 3.8) is 0 Å². The van der Waals surface area contributed by atoms with Crippen molar-refractivity contribution in [2.24, 2.45) is 5.10 Å². The van der Waals surface area contributed by atoms with Gasteiger partial charge in [0, 0.05) is 7.14 Å². The summed E-state index contributed by atoms with van der Waals surface area (Å²) in [7, 11) is -9.52. The van der Waals surface area contributed by atoms with E-state index >= 15 is 0 Å². The van der Waals surface area contributed by atoms with Crippen molar-refractivity contribution < 1.29 is 115 Å². The molecule has 2 heterocycles. The zero-order chi connectivity index (χ0) is 34.8. The van der Waals surface area contributed by atoms with E-state index in [0.717, 1.165) is 40.0 Å². The molecule has 0 saturated heterocycles. The van der Waals surface area contributed by atoms with Crippen LogP contribution in [0.3, 0.4) is 0 Å². The number of aromatic nitrogens is 2. The van der Waals surface area contributed by atoms with Crippen molar-refractivity contribution in [3.8, 4) is 11.6 Å². The Balaban J connectivity index is 0.00000417. The molecule has 1 amide bonds. The maximum absolute atomic E-state index is 13.0. The molecule has 1 aliphatic rings. The van der Waals surface area contributed by atoms with Gasteiger partial charge in [0.2, 0.25) is 5.88 Å². The van der Waals surface area contributed by atoms with Gasteiger partial charge in [0.1, 0.15) is 20.2 Å². The molecule has 0 unspecified atom stereocenters. The maximum atomic E-state index is 13.0. The number of nitrogens with zero attached hydrogens (tertiary/aromatic N) is 4. The van der Waals surface area contributed by atoms with Crippen LogP contribution in [0.2, 0.25) is 0 Å². The first-order valence-corrected chi connectivity index (χ1v) is 17.3. The Morgan fingerprint density at radius 1 is 0.796 bits per heavy atom. The van der Waals surface area contributed by atoms with E-state index in [4.69, 9.17) is 0 Å². The molecule has 2 aromatic carbocycles. The molecule has 0 fully saturated rings. The van der Waals surface area contributed by atoms with E-state index in [2.05, 4.69) is 10.2 Å². The molecule has 0 bridgehead atoms. The first-order valence-electron chi connectivity index (χ1n) is 12.4. The number of hydrazone groups is 1. The number of halogens is 2. The van der Waals surface area contributed by atoms with Gasteiger partial charge in [-0.1, -0.05) is 30.4 Å². The standard InChI is InChI=1S/C27H18I2N4O12S2.2Na/c28-18-12-14(46(40,41)42)8-10-20(18)32-24(34)16(22(30-32)26(36)37)6-4-2-1-3-5-7-17-23(27(38)39)31-33(25(17)35)21-11-9-15(13-19(21)29)47(43,44)45;;/h1-13,34H,(H,36,37)(H,38,39)(H,40,41,42)(H,43,44,45);;/q;2*+1/p-2/b2-1+,5-3+,6-4+,17-7-;;/i28-2,29-2;;. The second-order valence-electron chi connectivity index (χ2n) is 9.02. The van der Waals surface area contributed by atoms with Crippen LogP contribution in [0.1, 0.15) is 16.1 Å². The average Bonchev–Trinajstić information content (AvgIpc) is 3.48. The minimum absolute atomic E-state index is 0. The monoisotopic (exact) mass is 948 g/mol. The van der Waals surface area contributed by atoms with Crippen molar-refractivity contribution in [2.75, 3.05) is 5.01 Å². The molecule has 49 heavy (non-hydrogen) atoms. The Morgan fingerprint density at radius 2 is 1.31 bits per heavy atom.